The Hall–Kier alpha value is -2.36. The molecule has 0 saturated heterocycles. The number of carbonyl (C=O) groups is 4. The third-order valence-corrected chi connectivity index (χ3v) is 3.80. The summed E-state index contributed by atoms with van der Waals surface area (Å²) in [6.07, 6.45) is 2.13. The van der Waals surface area contributed by atoms with E-state index in [0.717, 1.165) is 24.2 Å². The first-order valence-electron chi connectivity index (χ1n) is 9.23. The van der Waals surface area contributed by atoms with Gasteiger partial charge in [0.05, 0.1) is 19.8 Å². The first kappa shape index (κ1) is 25.6. The molecule has 0 aromatic carbocycles. The van der Waals surface area contributed by atoms with Crippen LogP contribution in [0.5, 0.6) is 0 Å². The van der Waals surface area contributed by atoms with Crippen molar-refractivity contribution in [2.24, 2.45) is 0 Å². The fraction of sp³-hybridized carbons (Fsp3) is 0.778. The Bertz CT molecular complexity index is 513. The average molecular weight is 403 g/mol. The lowest BCUT2D eigenvalue weighted by Gasteiger charge is -2.23. The lowest BCUT2D eigenvalue weighted by Crippen LogP contribution is -2.45. The Balaban J connectivity index is 4.27. The van der Waals surface area contributed by atoms with E-state index in [1.54, 1.807) is 0 Å². The Kier molecular flexibility index (Phi) is 13.4. The molecule has 0 N–H and O–H groups in total. The highest BCUT2D eigenvalue weighted by Crippen LogP contribution is 1.98. The van der Waals surface area contributed by atoms with E-state index in [1.165, 1.54) is 38.1 Å². The van der Waals surface area contributed by atoms with Crippen LogP contribution in [0.2, 0.25) is 0 Å². The molecule has 0 atom stereocenters. The van der Waals surface area contributed by atoms with Crippen LogP contribution in [-0.4, -0.2) is 106 Å². The van der Waals surface area contributed by atoms with Gasteiger partial charge in [0.2, 0.25) is 11.8 Å². The standard InChI is InChI=1S/C18H33N3O7/c1-6-7-8-9-27-17(24)14-20(3)15(22)12-19(2)16(23)13-21(4)18(25)28-11-10-26-5/h6-14H2,1-5H3. The molecule has 10 nitrogen and oxygen atoms in total. The predicted molar refractivity (Wildman–Crippen MR) is 102 cm³/mol. The monoisotopic (exact) mass is 403 g/mol. The molecule has 0 rings (SSSR count). The minimum absolute atomic E-state index is 0.0848. The number of methoxy groups -OCH3 is 1. The number of rotatable bonds is 13. The molecule has 10 heteroatoms. The van der Waals surface area contributed by atoms with E-state index < -0.39 is 23.9 Å². The maximum atomic E-state index is 12.2. The van der Waals surface area contributed by atoms with Crippen molar-refractivity contribution < 1.29 is 33.4 Å². The number of nitrogens with zero attached hydrogens (tertiary/aromatic N) is 3. The molecule has 0 fully saturated rings. The molecule has 0 aliphatic rings. The number of unbranched alkanes of at least 4 members (excludes halogenated alkanes) is 2. The fourth-order valence-corrected chi connectivity index (χ4v) is 1.99. The summed E-state index contributed by atoms with van der Waals surface area (Å²) in [6.45, 7) is 2.09. The molecule has 0 spiro atoms. The van der Waals surface area contributed by atoms with Gasteiger partial charge in [-0.05, 0) is 6.42 Å². The fourth-order valence-electron chi connectivity index (χ4n) is 1.99. The van der Waals surface area contributed by atoms with E-state index in [9.17, 15) is 19.2 Å². The molecule has 0 aromatic heterocycles. The number of esters is 1. The van der Waals surface area contributed by atoms with Crippen molar-refractivity contribution in [2.45, 2.75) is 26.2 Å². The van der Waals surface area contributed by atoms with Gasteiger partial charge in [0.1, 0.15) is 19.7 Å². The molecule has 0 radical (unpaired) electrons. The lowest BCUT2D eigenvalue weighted by molar-refractivity contribution is -0.149. The van der Waals surface area contributed by atoms with E-state index in [4.69, 9.17) is 14.2 Å². The number of ether oxygens (including phenoxy) is 3. The van der Waals surface area contributed by atoms with Crippen LogP contribution in [0.25, 0.3) is 0 Å². The molecule has 0 saturated carbocycles. The number of likely N-dealkylation sites (N-methyl/N-ethyl adjacent to an activating group) is 3. The van der Waals surface area contributed by atoms with Crippen molar-refractivity contribution in [1.29, 1.82) is 0 Å². The van der Waals surface area contributed by atoms with Gasteiger partial charge < -0.3 is 28.9 Å². The van der Waals surface area contributed by atoms with Gasteiger partial charge in [-0.3, -0.25) is 14.4 Å². The highest BCUT2D eigenvalue weighted by molar-refractivity contribution is 5.88. The normalized spacial score (nSPS) is 10.2. The van der Waals surface area contributed by atoms with Gasteiger partial charge in [0.25, 0.3) is 0 Å². The van der Waals surface area contributed by atoms with Crippen LogP contribution in [0.4, 0.5) is 4.79 Å². The summed E-state index contributed by atoms with van der Waals surface area (Å²) >= 11 is 0. The van der Waals surface area contributed by atoms with Crippen LogP contribution in [0.1, 0.15) is 26.2 Å². The van der Waals surface area contributed by atoms with Crippen LogP contribution in [-0.2, 0) is 28.6 Å². The highest BCUT2D eigenvalue weighted by Gasteiger charge is 2.21. The average Bonchev–Trinajstić information content (AvgIpc) is 2.64. The Morgan fingerprint density at radius 1 is 0.714 bits per heavy atom. The quantitative estimate of drug-likeness (QED) is 0.323. The van der Waals surface area contributed by atoms with Crippen molar-refractivity contribution in [3.05, 3.63) is 0 Å². The first-order chi connectivity index (χ1) is 13.2. The van der Waals surface area contributed by atoms with Gasteiger partial charge >= 0.3 is 12.1 Å². The Morgan fingerprint density at radius 2 is 1.29 bits per heavy atom. The smallest absolute Gasteiger partial charge is 0.410 e. The minimum Gasteiger partial charge on any atom is -0.464 e. The van der Waals surface area contributed by atoms with Gasteiger partial charge in [-0.2, -0.15) is 0 Å². The summed E-state index contributed by atoms with van der Waals surface area (Å²) in [6, 6.07) is 0. The number of amides is 3. The SMILES string of the molecule is CCCCCOC(=O)CN(C)C(=O)CN(C)C(=O)CN(C)C(=O)OCCOC. The summed E-state index contributed by atoms with van der Waals surface area (Å²) in [5.74, 6) is -1.33. The molecule has 0 aliphatic heterocycles. The molecule has 3 amide bonds. The summed E-state index contributed by atoms with van der Waals surface area (Å²) in [5, 5.41) is 0. The highest BCUT2D eigenvalue weighted by atomic mass is 16.6. The van der Waals surface area contributed by atoms with E-state index >= 15 is 0 Å². The Labute approximate surface area is 166 Å². The largest absolute Gasteiger partial charge is 0.464 e. The van der Waals surface area contributed by atoms with Gasteiger partial charge in [-0.15, -0.1) is 0 Å². The third kappa shape index (κ3) is 11.4. The van der Waals surface area contributed by atoms with E-state index in [2.05, 4.69) is 0 Å². The van der Waals surface area contributed by atoms with Gasteiger partial charge in [0.15, 0.2) is 0 Å². The lowest BCUT2D eigenvalue weighted by atomic mass is 10.3. The second-order valence-electron chi connectivity index (χ2n) is 6.39. The van der Waals surface area contributed by atoms with Crippen molar-refractivity contribution in [2.75, 3.05) is 67.7 Å². The van der Waals surface area contributed by atoms with Crippen molar-refractivity contribution in [3.63, 3.8) is 0 Å². The number of hydrogen-bond acceptors (Lipinski definition) is 7. The predicted octanol–water partition coefficient (Wildman–Crippen LogP) is 0.351. The van der Waals surface area contributed by atoms with Gasteiger partial charge in [-0.1, -0.05) is 19.8 Å². The molecule has 0 aliphatic carbocycles. The Morgan fingerprint density at radius 3 is 1.86 bits per heavy atom. The topological polar surface area (TPSA) is 106 Å². The molecule has 0 unspecified atom stereocenters. The van der Waals surface area contributed by atoms with Crippen LogP contribution >= 0.6 is 0 Å². The first-order valence-corrected chi connectivity index (χ1v) is 9.23. The summed E-state index contributed by atoms with van der Waals surface area (Å²) in [4.78, 5) is 51.2. The molecular weight excluding hydrogens is 370 g/mol. The minimum atomic E-state index is -0.659. The second-order valence-corrected chi connectivity index (χ2v) is 6.39. The second kappa shape index (κ2) is 14.7. The summed E-state index contributed by atoms with van der Waals surface area (Å²) in [7, 11) is 5.81. The van der Waals surface area contributed by atoms with Crippen molar-refractivity contribution in [3.8, 4) is 0 Å². The van der Waals surface area contributed by atoms with Gasteiger partial charge in [0, 0.05) is 28.3 Å². The molecular formula is C18H33N3O7. The third-order valence-electron chi connectivity index (χ3n) is 3.80. The molecule has 0 bridgehead atoms. The van der Waals surface area contributed by atoms with E-state index in [-0.39, 0.29) is 32.8 Å². The summed E-state index contributed by atoms with van der Waals surface area (Å²) < 4.78 is 14.7. The molecule has 0 aromatic rings. The zero-order chi connectivity index (χ0) is 21.5. The molecule has 162 valence electrons. The maximum Gasteiger partial charge on any atom is 0.410 e. The number of carbonyl (C=O) groups excluding carboxylic acids is 4. The van der Waals surface area contributed by atoms with Crippen LogP contribution < -0.4 is 0 Å². The van der Waals surface area contributed by atoms with Crippen molar-refractivity contribution >= 4 is 23.9 Å². The molecule has 28 heavy (non-hydrogen) atoms. The van der Waals surface area contributed by atoms with E-state index in [0.29, 0.717) is 6.61 Å². The van der Waals surface area contributed by atoms with E-state index in [1.807, 2.05) is 6.92 Å². The van der Waals surface area contributed by atoms with Crippen molar-refractivity contribution in [1.82, 2.24) is 14.7 Å². The number of hydrogen-bond donors (Lipinski definition) is 0. The van der Waals surface area contributed by atoms with Crippen LogP contribution in [0.15, 0.2) is 0 Å². The van der Waals surface area contributed by atoms with Crippen LogP contribution in [0.3, 0.4) is 0 Å². The van der Waals surface area contributed by atoms with Crippen LogP contribution in [0, 0.1) is 0 Å². The molecule has 0 heterocycles. The van der Waals surface area contributed by atoms with Gasteiger partial charge in [-0.25, -0.2) is 4.79 Å². The maximum absolute atomic E-state index is 12.2. The summed E-state index contributed by atoms with van der Waals surface area (Å²) in [5.41, 5.74) is 0. The zero-order valence-electron chi connectivity index (χ0n) is 17.6. The zero-order valence-corrected chi connectivity index (χ0v) is 17.6.